The van der Waals surface area contributed by atoms with Gasteiger partial charge in [0.2, 0.25) is 0 Å². The average Bonchev–Trinajstić information content (AvgIpc) is 2.08. The Labute approximate surface area is 144 Å². The first-order valence-corrected chi connectivity index (χ1v) is 6.70. The molecule has 0 amide bonds. The predicted molar refractivity (Wildman–Crippen MR) is 73.0 cm³/mol. The minimum atomic E-state index is -3.91. The van der Waals surface area contributed by atoms with Crippen molar-refractivity contribution < 1.29 is 13.0 Å². The van der Waals surface area contributed by atoms with Gasteiger partial charge in [-0.15, -0.1) is 0 Å². The van der Waals surface area contributed by atoms with Crippen molar-refractivity contribution in [2.45, 2.75) is 51.9 Å². The molecule has 0 radical (unpaired) electrons. The van der Waals surface area contributed by atoms with E-state index < -0.39 is 10.1 Å². The molecule has 0 heterocycles. The van der Waals surface area contributed by atoms with Crippen LogP contribution >= 0.6 is 0 Å². The van der Waals surface area contributed by atoms with Gasteiger partial charge in [0.05, 0.1) is 5.41 Å². The van der Waals surface area contributed by atoms with Crippen molar-refractivity contribution in [1.29, 1.82) is 0 Å². The second-order valence-electron chi connectivity index (χ2n) is 3.44. The molecule has 0 aliphatic rings. The summed E-state index contributed by atoms with van der Waals surface area (Å²) >= 11 is 0. The molecule has 0 fully saturated rings. The molecule has 16 heavy (non-hydrogen) atoms. The van der Waals surface area contributed by atoms with Gasteiger partial charge in [-0.05, 0) is 12.8 Å². The predicted octanol–water partition coefficient (Wildman–Crippen LogP) is 1.84. The fraction of sp³-hybridized carbons (Fsp3) is 0.800. The molecule has 0 saturated heterocycles. The van der Waals surface area contributed by atoms with Crippen LogP contribution in [0, 0.1) is 0 Å². The number of hydrogen-bond acceptors (Lipinski definition) is 2. The first-order valence-electron chi connectivity index (χ1n) is 5.20. The monoisotopic (exact) mass is 268 g/mol. The Morgan fingerprint density at radius 3 is 2.00 bits per heavy atom. The maximum atomic E-state index is 10.3. The van der Waals surface area contributed by atoms with Crippen LogP contribution in [-0.4, -0.2) is 72.1 Å². The standard InChI is InChI=1S/C10H20O3S.2Na.2H/c1-2-3-4-5-6-7-8-9-10-14(11,12)13;;;;/h9-10H,2-8H2,1H3,(H,11,12,13);;;;. The summed E-state index contributed by atoms with van der Waals surface area (Å²) in [6.07, 6.45) is 9.36. The number of allylic oxidation sites excluding steroid dienone is 1. The van der Waals surface area contributed by atoms with Gasteiger partial charge in [-0.1, -0.05) is 45.1 Å². The summed E-state index contributed by atoms with van der Waals surface area (Å²) in [6, 6.07) is 0. The molecule has 0 aromatic carbocycles. The minimum absolute atomic E-state index is 0. The van der Waals surface area contributed by atoms with Gasteiger partial charge in [0.25, 0.3) is 10.1 Å². The Hall–Kier alpha value is 1.65. The van der Waals surface area contributed by atoms with E-state index >= 15 is 0 Å². The molecule has 0 saturated carbocycles. The van der Waals surface area contributed by atoms with Gasteiger partial charge in [0.1, 0.15) is 0 Å². The summed E-state index contributed by atoms with van der Waals surface area (Å²) in [5.74, 6) is 0. The SMILES string of the molecule is CCCCCCCCC=CS(=O)(=O)O.[NaH].[NaH]. The van der Waals surface area contributed by atoms with Crippen molar-refractivity contribution in [1.82, 2.24) is 0 Å². The van der Waals surface area contributed by atoms with Crippen molar-refractivity contribution in [3.63, 3.8) is 0 Å². The molecule has 0 aliphatic heterocycles. The van der Waals surface area contributed by atoms with E-state index in [4.69, 9.17) is 4.55 Å². The Kier molecular flexibility index (Phi) is 21.0. The Balaban J connectivity index is -0.000000845. The zero-order valence-corrected chi connectivity index (χ0v) is 9.59. The molecule has 0 bridgehead atoms. The number of rotatable bonds is 8. The number of hydrogen-bond donors (Lipinski definition) is 1. The van der Waals surface area contributed by atoms with E-state index in [1.807, 2.05) is 0 Å². The Morgan fingerprint density at radius 2 is 1.50 bits per heavy atom. The number of unbranched alkanes of at least 4 members (excludes halogenated alkanes) is 6. The van der Waals surface area contributed by atoms with Gasteiger partial charge in [-0.25, -0.2) is 0 Å². The van der Waals surface area contributed by atoms with Crippen molar-refractivity contribution >= 4 is 69.2 Å². The summed E-state index contributed by atoms with van der Waals surface area (Å²) in [7, 11) is -3.91. The van der Waals surface area contributed by atoms with E-state index in [9.17, 15) is 8.42 Å². The molecule has 1 N–H and O–H groups in total. The fourth-order valence-electron chi connectivity index (χ4n) is 1.23. The van der Waals surface area contributed by atoms with Gasteiger partial charge in [0.15, 0.2) is 0 Å². The van der Waals surface area contributed by atoms with Gasteiger partial charge in [-0.2, -0.15) is 8.42 Å². The zero-order chi connectivity index (χ0) is 10.9. The van der Waals surface area contributed by atoms with Crippen LogP contribution in [0.5, 0.6) is 0 Å². The van der Waals surface area contributed by atoms with Crippen LogP contribution in [0.25, 0.3) is 0 Å². The van der Waals surface area contributed by atoms with Crippen molar-refractivity contribution in [2.75, 3.05) is 0 Å². The van der Waals surface area contributed by atoms with Gasteiger partial charge >= 0.3 is 59.1 Å². The normalized spacial score (nSPS) is 10.9. The zero-order valence-electron chi connectivity index (χ0n) is 8.78. The van der Waals surface area contributed by atoms with Crippen molar-refractivity contribution in [2.24, 2.45) is 0 Å². The quantitative estimate of drug-likeness (QED) is 0.415. The molecule has 0 aromatic heterocycles. The average molecular weight is 268 g/mol. The fourth-order valence-corrected chi connectivity index (χ4v) is 1.61. The molecule has 0 rings (SSSR count). The molecule has 0 aliphatic carbocycles. The Bertz CT molecular complexity index is 251. The molecule has 3 nitrogen and oxygen atoms in total. The second-order valence-corrected chi connectivity index (χ2v) is 4.75. The molecule has 0 spiro atoms. The van der Waals surface area contributed by atoms with Crippen molar-refractivity contribution in [3.8, 4) is 0 Å². The first-order chi connectivity index (χ1) is 6.56. The third-order valence-corrected chi connectivity index (χ3v) is 2.53. The van der Waals surface area contributed by atoms with E-state index in [2.05, 4.69) is 6.92 Å². The van der Waals surface area contributed by atoms with Crippen LogP contribution in [0.3, 0.4) is 0 Å². The van der Waals surface area contributed by atoms with Gasteiger partial charge in [0, 0.05) is 0 Å². The Morgan fingerprint density at radius 1 is 1.00 bits per heavy atom. The van der Waals surface area contributed by atoms with Gasteiger partial charge in [-0.3, -0.25) is 4.55 Å². The third-order valence-electron chi connectivity index (χ3n) is 1.99. The topological polar surface area (TPSA) is 54.4 Å². The molecule has 6 heteroatoms. The second kappa shape index (κ2) is 14.7. The van der Waals surface area contributed by atoms with Crippen molar-refractivity contribution in [3.05, 3.63) is 11.5 Å². The van der Waals surface area contributed by atoms with E-state index in [-0.39, 0.29) is 59.1 Å². The van der Waals surface area contributed by atoms with E-state index in [1.165, 1.54) is 31.8 Å². The summed E-state index contributed by atoms with van der Waals surface area (Å²) in [6.45, 7) is 2.18. The van der Waals surface area contributed by atoms with Crippen LogP contribution in [-0.2, 0) is 10.1 Å². The van der Waals surface area contributed by atoms with E-state index in [0.717, 1.165) is 24.7 Å². The molecular weight excluding hydrogens is 246 g/mol. The molecule has 0 unspecified atom stereocenters. The maximum absolute atomic E-state index is 10.3. The molecule has 0 aromatic rings. The molecule has 88 valence electrons. The first kappa shape index (κ1) is 22.8. The van der Waals surface area contributed by atoms with Crippen LogP contribution in [0.2, 0.25) is 0 Å². The van der Waals surface area contributed by atoms with Crippen LogP contribution < -0.4 is 0 Å². The molecule has 0 atom stereocenters. The van der Waals surface area contributed by atoms with Crippen LogP contribution in [0.4, 0.5) is 0 Å². The van der Waals surface area contributed by atoms with E-state index in [1.54, 1.807) is 0 Å². The summed E-state index contributed by atoms with van der Waals surface area (Å²) in [4.78, 5) is 0. The summed E-state index contributed by atoms with van der Waals surface area (Å²) in [5.41, 5.74) is 0. The third kappa shape index (κ3) is 21.0. The van der Waals surface area contributed by atoms with Crippen LogP contribution in [0.15, 0.2) is 11.5 Å². The van der Waals surface area contributed by atoms with Crippen LogP contribution in [0.1, 0.15) is 51.9 Å². The molecular formula is C10H22Na2O3S. The van der Waals surface area contributed by atoms with E-state index in [0.29, 0.717) is 0 Å². The summed E-state index contributed by atoms with van der Waals surface area (Å²) < 4.78 is 28.9. The summed E-state index contributed by atoms with van der Waals surface area (Å²) in [5, 5.41) is 0.860. The van der Waals surface area contributed by atoms with Gasteiger partial charge < -0.3 is 0 Å².